The Hall–Kier alpha value is -2.82. The number of aryl methyl sites for hydroxylation is 3. The van der Waals surface area contributed by atoms with Crippen LogP contribution < -0.4 is 16.3 Å². The number of nitrogens with zero attached hydrogens (tertiary/aromatic N) is 1. The van der Waals surface area contributed by atoms with Gasteiger partial charge in [-0.3, -0.25) is 19.4 Å². The normalized spacial score (nSPS) is 25.2. The molecule has 3 heterocycles. The zero-order valence-corrected chi connectivity index (χ0v) is 30.8. The van der Waals surface area contributed by atoms with E-state index >= 15 is 0 Å². The first-order chi connectivity index (χ1) is 23.6. The lowest BCUT2D eigenvalue weighted by molar-refractivity contribution is -0.0804. The molecule has 258 valence electrons. The first-order valence-electron chi connectivity index (χ1n) is 17.1. The number of hydrogen-bond donors (Lipinski definition) is 2. The van der Waals surface area contributed by atoms with Crippen molar-refractivity contribution in [2.24, 2.45) is 0 Å². The van der Waals surface area contributed by atoms with Crippen LogP contribution in [0, 0.1) is 20.8 Å². The van der Waals surface area contributed by atoms with Crippen LogP contribution in [0.5, 0.6) is 0 Å². The van der Waals surface area contributed by atoms with E-state index in [0.717, 1.165) is 40.7 Å². The zero-order valence-electron chi connectivity index (χ0n) is 28.2. The quantitative estimate of drug-likeness (QED) is 0.137. The van der Waals surface area contributed by atoms with Gasteiger partial charge in [0.25, 0.3) is 5.56 Å². The van der Waals surface area contributed by atoms with Crippen molar-refractivity contribution in [3.8, 4) is 0 Å². The van der Waals surface area contributed by atoms with E-state index in [9.17, 15) is 9.59 Å². The molecular weight excluding hydrogens is 674 g/mol. The maximum atomic E-state index is 13.1. The van der Waals surface area contributed by atoms with E-state index in [-0.39, 0.29) is 17.4 Å². The van der Waals surface area contributed by atoms with Crippen LogP contribution in [0.2, 0.25) is 0 Å². The van der Waals surface area contributed by atoms with Gasteiger partial charge in [-0.2, -0.15) is 0 Å². The summed E-state index contributed by atoms with van der Waals surface area (Å²) in [6.45, 7) is 6.72. The molecule has 2 aliphatic heterocycles. The minimum atomic E-state index is -2.47. The summed E-state index contributed by atoms with van der Waals surface area (Å²) >= 11 is 8.10. The van der Waals surface area contributed by atoms with Crippen LogP contribution in [0.15, 0.2) is 94.6 Å². The molecule has 3 fully saturated rings. The molecule has 1 unspecified atom stereocenters. The molecule has 4 atom stereocenters. The van der Waals surface area contributed by atoms with Crippen LogP contribution in [-0.4, -0.2) is 39.7 Å². The molecule has 2 saturated heterocycles. The van der Waals surface area contributed by atoms with Gasteiger partial charge in [0, 0.05) is 29.0 Å². The molecule has 2 N–H and O–H groups in total. The van der Waals surface area contributed by atoms with Crippen molar-refractivity contribution in [2.45, 2.75) is 88.0 Å². The van der Waals surface area contributed by atoms with Crippen molar-refractivity contribution >= 4 is 28.8 Å². The fourth-order valence-corrected chi connectivity index (χ4v) is 15.0. The highest BCUT2D eigenvalue weighted by Gasteiger charge is 2.49. The topological polar surface area (TPSA) is 94.6 Å². The predicted molar refractivity (Wildman–Crippen MR) is 200 cm³/mol. The van der Waals surface area contributed by atoms with Gasteiger partial charge in [0.15, 0.2) is 5.62 Å². The van der Waals surface area contributed by atoms with Gasteiger partial charge < -0.3 is 14.0 Å². The van der Waals surface area contributed by atoms with Crippen molar-refractivity contribution in [3.05, 3.63) is 139 Å². The Morgan fingerprint density at radius 2 is 1.55 bits per heavy atom. The molecule has 11 heteroatoms. The molecule has 0 amide bonds. The lowest BCUT2D eigenvalue weighted by Crippen LogP contribution is -2.41. The van der Waals surface area contributed by atoms with Gasteiger partial charge in [0.2, 0.25) is 0 Å². The number of benzene rings is 3. The Kier molecular flexibility index (Phi) is 9.94. The van der Waals surface area contributed by atoms with Gasteiger partial charge in [-0.15, -0.1) is 0 Å². The summed E-state index contributed by atoms with van der Waals surface area (Å²) in [6.07, 6.45) is 6.83. The molecule has 0 radical (unpaired) electrons. The molecule has 7 rings (SSSR count). The summed E-state index contributed by atoms with van der Waals surface area (Å²) in [4.78, 5) is 27.7. The van der Waals surface area contributed by atoms with E-state index in [2.05, 4.69) is 84.6 Å². The second-order valence-corrected chi connectivity index (χ2v) is 20.7. The van der Waals surface area contributed by atoms with Crippen molar-refractivity contribution in [1.82, 2.24) is 14.6 Å². The molecule has 0 bridgehead atoms. The summed E-state index contributed by atoms with van der Waals surface area (Å²) in [6, 6.07) is 27.0. The third kappa shape index (κ3) is 7.07. The summed E-state index contributed by atoms with van der Waals surface area (Å²) in [5.41, 5.74) is 1.43. The lowest BCUT2D eigenvalue weighted by Gasteiger charge is -2.37. The van der Waals surface area contributed by atoms with Crippen molar-refractivity contribution in [3.63, 3.8) is 0 Å². The van der Waals surface area contributed by atoms with Crippen LogP contribution in [0.4, 0.5) is 0 Å². The van der Waals surface area contributed by atoms with Gasteiger partial charge in [-0.1, -0.05) is 121 Å². The summed E-state index contributed by atoms with van der Waals surface area (Å²) in [7, 11) is 0. The first-order valence-corrected chi connectivity index (χ1v) is 21.3. The van der Waals surface area contributed by atoms with E-state index < -0.39 is 34.8 Å². The van der Waals surface area contributed by atoms with Crippen LogP contribution >= 0.6 is 17.0 Å². The van der Waals surface area contributed by atoms with Crippen LogP contribution in [-0.2, 0) is 31.4 Å². The molecule has 8 nitrogen and oxygen atoms in total. The van der Waals surface area contributed by atoms with E-state index in [4.69, 9.17) is 25.8 Å². The third-order valence-corrected chi connectivity index (χ3v) is 16.2. The average molecular weight is 718 g/mol. The monoisotopic (exact) mass is 717 g/mol. The van der Waals surface area contributed by atoms with E-state index in [0.29, 0.717) is 18.6 Å². The SMILES string of the molecule is Cc1ccc(C(OC[C@H]2O[C@@H](n3cc(C)c(=O)[nH]c3=O)C[C@@H]2NP2(=S)OCC3(CCCCC3)S2)(c2ccccc2)c2ccc(C)cc2)cc1. The van der Waals surface area contributed by atoms with Crippen LogP contribution in [0.25, 0.3) is 0 Å². The fraction of sp³-hybridized carbons (Fsp3) is 0.421. The number of hydrogen-bond acceptors (Lipinski definition) is 7. The second-order valence-electron chi connectivity index (χ2n) is 13.8. The summed E-state index contributed by atoms with van der Waals surface area (Å²) in [5.74, 6) is 0. The zero-order chi connectivity index (χ0) is 34.2. The van der Waals surface area contributed by atoms with E-state index in [1.54, 1.807) is 13.1 Å². The van der Waals surface area contributed by atoms with Crippen LogP contribution in [0.3, 0.4) is 0 Å². The smallest absolute Gasteiger partial charge is 0.330 e. The highest BCUT2D eigenvalue weighted by Crippen LogP contribution is 2.70. The maximum Gasteiger partial charge on any atom is 0.330 e. The standard InChI is InChI=1S/C38H44N3O5PS2/c1-26-12-16-30(17-13-26)38(29-10-6-4-7-11-29,31-18-14-27(2)15-19-31)44-24-33-32(22-34(46-33)41-23-28(3)35(42)39-36(41)43)40-47(48)45-25-37(49-47)20-8-5-9-21-37/h4,6-7,10-19,23,32-34H,5,8-9,20-22,24-25H2,1-3H3,(H,40,48)(H,39,42,43)/t32-,33+,34+,47?/m0/s1. The molecule has 3 aliphatic rings. The Morgan fingerprint density at radius 3 is 2.18 bits per heavy atom. The van der Waals surface area contributed by atoms with Gasteiger partial charge in [-0.25, -0.2) is 4.79 Å². The fourth-order valence-electron chi connectivity index (χ4n) is 7.41. The van der Waals surface area contributed by atoms with E-state index in [1.165, 1.54) is 23.8 Å². The lowest BCUT2D eigenvalue weighted by atomic mass is 9.79. The second kappa shape index (κ2) is 14.1. The summed E-state index contributed by atoms with van der Waals surface area (Å²) < 4.78 is 22.0. The van der Waals surface area contributed by atoms with Gasteiger partial charge in [0.05, 0.1) is 19.3 Å². The molecule has 1 aliphatic carbocycles. The largest absolute Gasteiger partial charge is 0.358 e. The molecule has 3 aromatic carbocycles. The molecular formula is C38H44N3O5PS2. The number of nitrogens with one attached hydrogen (secondary N) is 2. The minimum absolute atomic E-state index is 0.0674. The molecule has 1 saturated carbocycles. The molecule has 4 aromatic rings. The number of aromatic amines is 1. The number of ether oxygens (including phenoxy) is 2. The van der Waals surface area contributed by atoms with Crippen molar-refractivity contribution in [1.29, 1.82) is 0 Å². The maximum absolute atomic E-state index is 13.1. The van der Waals surface area contributed by atoms with Gasteiger partial charge in [-0.05, 0) is 62.1 Å². The number of rotatable bonds is 9. The molecule has 1 aromatic heterocycles. The van der Waals surface area contributed by atoms with Crippen molar-refractivity contribution < 1.29 is 14.0 Å². The van der Waals surface area contributed by atoms with Gasteiger partial charge >= 0.3 is 5.69 Å². The first kappa shape index (κ1) is 34.6. The average Bonchev–Trinajstić information content (AvgIpc) is 3.64. The Balaban J connectivity index is 1.26. The molecule has 1 spiro atoms. The third-order valence-electron chi connectivity index (χ3n) is 10.2. The van der Waals surface area contributed by atoms with E-state index in [1.807, 2.05) is 29.6 Å². The number of aromatic nitrogens is 2. The highest BCUT2D eigenvalue weighted by atomic mass is 32.9. The summed E-state index contributed by atoms with van der Waals surface area (Å²) in [5, 5.41) is 3.77. The van der Waals surface area contributed by atoms with Crippen LogP contribution in [0.1, 0.15) is 78.1 Å². The highest BCUT2D eigenvalue weighted by molar-refractivity contribution is 8.69. The minimum Gasteiger partial charge on any atom is -0.358 e. The molecule has 49 heavy (non-hydrogen) atoms. The number of H-pyrrole nitrogens is 1. The Bertz CT molecular complexity index is 1900. The predicted octanol–water partition coefficient (Wildman–Crippen LogP) is 7.41. The van der Waals surface area contributed by atoms with Crippen molar-refractivity contribution in [2.75, 3.05) is 13.2 Å². The Labute approximate surface area is 296 Å². The Morgan fingerprint density at radius 1 is 0.939 bits per heavy atom. The van der Waals surface area contributed by atoms with Gasteiger partial charge in [0.1, 0.15) is 11.8 Å².